The summed E-state index contributed by atoms with van der Waals surface area (Å²) in [6.45, 7) is 1.64. The zero-order valence-corrected chi connectivity index (χ0v) is 10.3. The van der Waals surface area contributed by atoms with Crippen molar-refractivity contribution < 1.29 is 9.57 Å². The first-order valence-electron chi connectivity index (χ1n) is 6.07. The Morgan fingerprint density at radius 3 is 3.06 bits per heavy atom. The number of nitrogens with zero attached hydrogens (tertiary/aromatic N) is 1. The van der Waals surface area contributed by atoms with Gasteiger partial charge in [0.15, 0.2) is 0 Å². The van der Waals surface area contributed by atoms with Crippen LogP contribution in [0.1, 0.15) is 19.3 Å². The molecule has 0 aromatic heterocycles. The Morgan fingerprint density at radius 1 is 1.41 bits per heavy atom. The van der Waals surface area contributed by atoms with Gasteiger partial charge in [0.1, 0.15) is 5.75 Å². The first kappa shape index (κ1) is 12.2. The minimum Gasteiger partial charge on any atom is -0.497 e. The van der Waals surface area contributed by atoms with E-state index in [1.807, 2.05) is 12.1 Å². The number of rotatable bonds is 4. The van der Waals surface area contributed by atoms with Gasteiger partial charge in [-0.05, 0) is 31.4 Å². The smallest absolute Gasteiger partial charge is 0.120 e. The monoisotopic (exact) mass is 236 g/mol. The van der Waals surface area contributed by atoms with Crippen molar-refractivity contribution in [3.8, 4) is 5.75 Å². The Bertz CT molecular complexity index is 355. The van der Waals surface area contributed by atoms with Crippen LogP contribution in [0.2, 0.25) is 0 Å². The standard InChI is InChI=1S/C13H20N2O2/c1-16-13-7-4-6-11(9-13)15-8-3-2-5-12(15)10-17-14/h4,6-7,9,12H,2-3,5,8,10,14H2,1H3. The van der Waals surface area contributed by atoms with Crippen LogP contribution in [0.5, 0.6) is 5.75 Å². The van der Waals surface area contributed by atoms with E-state index in [9.17, 15) is 0 Å². The highest BCUT2D eigenvalue weighted by Gasteiger charge is 2.22. The number of piperidine rings is 1. The van der Waals surface area contributed by atoms with Crippen LogP contribution in [0.15, 0.2) is 24.3 Å². The summed E-state index contributed by atoms with van der Waals surface area (Å²) in [5.41, 5.74) is 1.19. The first-order chi connectivity index (χ1) is 8.35. The SMILES string of the molecule is COc1cccc(N2CCCCC2CON)c1. The molecule has 4 heteroatoms. The quantitative estimate of drug-likeness (QED) is 0.812. The predicted molar refractivity (Wildman–Crippen MR) is 68.1 cm³/mol. The lowest BCUT2D eigenvalue weighted by atomic mass is 10.0. The minimum absolute atomic E-state index is 0.376. The third-order valence-electron chi connectivity index (χ3n) is 3.30. The molecule has 1 aromatic carbocycles. The van der Waals surface area contributed by atoms with Gasteiger partial charge in [0.05, 0.1) is 19.8 Å². The molecule has 1 aliphatic rings. The van der Waals surface area contributed by atoms with Crippen molar-refractivity contribution >= 4 is 5.69 Å². The van der Waals surface area contributed by atoms with Crippen LogP contribution in [0, 0.1) is 0 Å². The summed E-state index contributed by atoms with van der Waals surface area (Å²) in [6.07, 6.45) is 3.60. The van der Waals surface area contributed by atoms with Gasteiger partial charge in [0.2, 0.25) is 0 Å². The summed E-state index contributed by atoms with van der Waals surface area (Å²) in [5, 5.41) is 0. The van der Waals surface area contributed by atoms with Crippen molar-refractivity contribution in [1.82, 2.24) is 0 Å². The molecule has 0 saturated carbocycles. The van der Waals surface area contributed by atoms with E-state index in [2.05, 4.69) is 17.0 Å². The third kappa shape index (κ3) is 2.90. The molecule has 1 atom stereocenters. The maximum absolute atomic E-state index is 5.26. The predicted octanol–water partition coefficient (Wildman–Crippen LogP) is 1.94. The highest BCUT2D eigenvalue weighted by Crippen LogP contribution is 2.27. The third-order valence-corrected chi connectivity index (χ3v) is 3.30. The second-order valence-corrected chi connectivity index (χ2v) is 4.38. The first-order valence-corrected chi connectivity index (χ1v) is 6.07. The number of nitrogens with two attached hydrogens (primary N) is 1. The van der Waals surface area contributed by atoms with Gasteiger partial charge in [0, 0.05) is 18.3 Å². The van der Waals surface area contributed by atoms with E-state index < -0.39 is 0 Å². The van der Waals surface area contributed by atoms with Gasteiger partial charge < -0.3 is 14.5 Å². The van der Waals surface area contributed by atoms with Crippen molar-refractivity contribution in [2.24, 2.45) is 5.90 Å². The van der Waals surface area contributed by atoms with Gasteiger partial charge in [0.25, 0.3) is 0 Å². The molecule has 1 fully saturated rings. The largest absolute Gasteiger partial charge is 0.497 e. The fraction of sp³-hybridized carbons (Fsp3) is 0.538. The number of hydrogen-bond donors (Lipinski definition) is 1. The molecule has 0 aliphatic carbocycles. The summed E-state index contributed by atoms with van der Waals surface area (Å²) in [6, 6.07) is 8.53. The lowest BCUT2D eigenvalue weighted by Gasteiger charge is -2.37. The van der Waals surface area contributed by atoms with E-state index in [4.69, 9.17) is 15.5 Å². The summed E-state index contributed by atoms with van der Waals surface area (Å²) >= 11 is 0. The van der Waals surface area contributed by atoms with E-state index in [1.165, 1.54) is 18.5 Å². The highest BCUT2D eigenvalue weighted by molar-refractivity contribution is 5.51. The normalized spacial score (nSPS) is 20.4. The summed E-state index contributed by atoms with van der Waals surface area (Å²) in [4.78, 5) is 7.18. The van der Waals surface area contributed by atoms with E-state index in [-0.39, 0.29) is 0 Å². The summed E-state index contributed by atoms with van der Waals surface area (Å²) < 4.78 is 5.26. The van der Waals surface area contributed by atoms with E-state index >= 15 is 0 Å². The van der Waals surface area contributed by atoms with Gasteiger partial charge in [-0.15, -0.1) is 0 Å². The van der Waals surface area contributed by atoms with Crippen molar-refractivity contribution in [2.45, 2.75) is 25.3 Å². The Balaban J connectivity index is 2.16. The second kappa shape index (κ2) is 5.89. The molecule has 0 amide bonds. The highest BCUT2D eigenvalue weighted by atomic mass is 16.6. The molecule has 1 unspecified atom stereocenters. The molecule has 17 heavy (non-hydrogen) atoms. The molecule has 0 radical (unpaired) electrons. The number of anilines is 1. The van der Waals surface area contributed by atoms with E-state index in [1.54, 1.807) is 7.11 Å². The van der Waals surface area contributed by atoms with Crippen molar-refractivity contribution in [3.05, 3.63) is 24.3 Å². The second-order valence-electron chi connectivity index (χ2n) is 4.38. The average Bonchev–Trinajstić information content (AvgIpc) is 2.40. The zero-order valence-electron chi connectivity index (χ0n) is 10.3. The van der Waals surface area contributed by atoms with Crippen LogP contribution in [-0.4, -0.2) is 26.3 Å². The molecule has 94 valence electrons. The molecule has 1 aliphatic heterocycles. The Kier molecular flexibility index (Phi) is 4.23. The lowest BCUT2D eigenvalue weighted by molar-refractivity contribution is 0.114. The van der Waals surface area contributed by atoms with Crippen LogP contribution in [0.3, 0.4) is 0 Å². The fourth-order valence-electron chi connectivity index (χ4n) is 2.41. The molecular formula is C13H20N2O2. The van der Waals surface area contributed by atoms with Crippen molar-refractivity contribution in [3.63, 3.8) is 0 Å². The number of benzene rings is 1. The van der Waals surface area contributed by atoms with Gasteiger partial charge >= 0.3 is 0 Å². The summed E-state index contributed by atoms with van der Waals surface area (Å²) in [5.74, 6) is 6.09. The van der Waals surface area contributed by atoms with Crippen molar-refractivity contribution in [1.29, 1.82) is 0 Å². The molecule has 4 nitrogen and oxygen atoms in total. The molecule has 1 heterocycles. The number of methoxy groups -OCH3 is 1. The fourth-order valence-corrected chi connectivity index (χ4v) is 2.41. The molecule has 0 bridgehead atoms. The Hall–Kier alpha value is -1.26. The molecular weight excluding hydrogens is 216 g/mol. The van der Waals surface area contributed by atoms with Gasteiger partial charge in [-0.25, -0.2) is 5.90 Å². The lowest BCUT2D eigenvalue weighted by Crippen LogP contribution is -2.43. The Labute approximate surface area is 102 Å². The van der Waals surface area contributed by atoms with Gasteiger partial charge in [-0.2, -0.15) is 0 Å². The maximum Gasteiger partial charge on any atom is 0.120 e. The minimum atomic E-state index is 0.376. The van der Waals surface area contributed by atoms with E-state index in [0.717, 1.165) is 18.7 Å². The van der Waals surface area contributed by atoms with Crippen molar-refractivity contribution in [2.75, 3.05) is 25.2 Å². The van der Waals surface area contributed by atoms with Gasteiger partial charge in [-0.1, -0.05) is 6.07 Å². The average molecular weight is 236 g/mol. The molecule has 0 spiro atoms. The molecule has 1 aromatic rings. The number of hydrogen-bond acceptors (Lipinski definition) is 4. The number of ether oxygens (including phenoxy) is 1. The van der Waals surface area contributed by atoms with E-state index in [0.29, 0.717) is 12.6 Å². The Morgan fingerprint density at radius 2 is 2.29 bits per heavy atom. The zero-order chi connectivity index (χ0) is 12.1. The molecule has 1 saturated heterocycles. The molecule has 2 N–H and O–H groups in total. The van der Waals surface area contributed by atoms with Crippen LogP contribution in [0.4, 0.5) is 5.69 Å². The van der Waals surface area contributed by atoms with Crippen LogP contribution in [-0.2, 0) is 4.84 Å². The topological polar surface area (TPSA) is 47.7 Å². The summed E-state index contributed by atoms with van der Waals surface area (Å²) in [7, 11) is 1.69. The van der Waals surface area contributed by atoms with Crippen LogP contribution >= 0.6 is 0 Å². The molecule has 2 rings (SSSR count). The van der Waals surface area contributed by atoms with Crippen LogP contribution < -0.4 is 15.5 Å². The van der Waals surface area contributed by atoms with Crippen LogP contribution in [0.25, 0.3) is 0 Å². The van der Waals surface area contributed by atoms with Gasteiger partial charge in [-0.3, -0.25) is 0 Å². The maximum atomic E-state index is 5.26.